The maximum Gasteiger partial charge on any atom is 0.262 e. The van der Waals surface area contributed by atoms with Gasteiger partial charge in [0.15, 0.2) is 0 Å². The second kappa shape index (κ2) is 7.88. The van der Waals surface area contributed by atoms with Gasteiger partial charge in [0.1, 0.15) is 5.75 Å². The molecule has 1 N–H and O–H groups in total. The molecular weight excluding hydrogens is 276 g/mol. The number of para-hydroxylation sites is 2. The third-order valence-corrected chi connectivity index (χ3v) is 3.05. The van der Waals surface area contributed by atoms with Crippen molar-refractivity contribution in [1.82, 2.24) is 5.43 Å². The van der Waals surface area contributed by atoms with Gasteiger partial charge in [-0.2, -0.15) is 0 Å². The SMILES string of the molecule is CCOc1ccccc1/C=C/C(=O)NN(C)c1ccccc1. The predicted molar refractivity (Wildman–Crippen MR) is 89.6 cm³/mol. The van der Waals surface area contributed by atoms with Crippen LogP contribution in [0.15, 0.2) is 60.7 Å². The van der Waals surface area contributed by atoms with Crippen molar-refractivity contribution in [1.29, 1.82) is 0 Å². The topological polar surface area (TPSA) is 41.6 Å². The van der Waals surface area contributed by atoms with Crippen LogP contribution in [0.1, 0.15) is 12.5 Å². The minimum Gasteiger partial charge on any atom is -0.493 e. The van der Waals surface area contributed by atoms with Gasteiger partial charge >= 0.3 is 0 Å². The molecule has 0 atom stereocenters. The second-order valence-corrected chi connectivity index (χ2v) is 4.67. The molecule has 0 radical (unpaired) electrons. The first-order valence-electron chi connectivity index (χ1n) is 7.20. The van der Waals surface area contributed by atoms with E-state index >= 15 is 0 Å². The highest BCUT2D eigenvalue weighted by atomic mass is 16.5. The third kappa shape index (κ3) is 4.38. The van der Waals surface area contributed by atoms with Crippen LogP contribution in [0.5, 0.6) is 5.75 Å². The van der Waals surface area contributed by atoms with E-state index in [0.717, 1.165) is 17.0 Å². The molecule has 0 aromatic heterocycles. The lowest BCUT2D eigenvalue weighted by Crippen LogP contribution is -2.38. The van der Waals surface area contributed by atoms with Crippen LogP contribution < -0.4 is 15.2 Å². The summed E-state index contributed by atoms with van der Waals surface area (Å²) in [5, 5.41) is 1.68. The Balaban J connectivity index is 2.00. The number of hydrogen-bond donors (Lipinski definition) is 1. The van der Waals surface area contributed by atoms with Gasteiger partial charge in [0.25, 0.3) is 5.91 Å². The molecule has 0 unspecified atom stereocenters. The summed E-state index contributed by atoms with van der Waals surface area (Å²) < 4.78 is 5.53. The molecule has 4 heteroatoms. The van der Waals surface area contributed by atoms with Crippen molar-refractivity contribution in [3.8, 4) is 5.75 Å². The van der Waals surface area contributed by atoms with Crippen LogP contribution in [-0.4, -0.2) is 19.6 Å². The van der Waals surface area contributed by atoms with Crippen molar-refractivity contribution in [3.63, 3.8) is 0 Å². The maximum atomic E-state index is 12.0. The average Bonchev–Trinajstić information content (AvgIpc) is 2.55. The molecule has 0 fully saturated rings. The lowest BCUT2D eigenvalue weighted by atomic mass is 10.2. The Morgan fingerprint density at radius 3 is 2.55 bits per heavy atom. The van der Waals surface area contributed by atoms with Gasteiger partial charge in [-0.3, -0.25) is 15.2 Å². The van der Waals surface area contributed by atoms with E-state index < -0.39 is 0 Å². The molecule has 0 spiro atoms. The number of nitrogens with one attached hydrogen (secondary N) is 1. The Morgan fingerprint density at radius 1 is 1.14 bits per heavy atom. The monoisotopic (exact) mass is 296 g/mol. The molecule has 2 rings (SSSR count). The first-order chi connectivity index (χ1) is 10.7. The van der Waals surface area contributed by atoms with Crippen molar-refractivity contribution in [2.24, 2.45) is 0 Å². The van der Waals surface area contributed by atoms with E-state index in [2.05, 4.69) is 5.43 Å². The summed E-state index contributed by atoms with van der Waals surface area (Å²) in [6.07, 6.45) is 3.25. The summed E-state index contributed by atoms with van der Waals surface area (Å²) >= 11 is 0. The molecule has 0 bridgehead atoms. The highest BCUT2D eigenvalue weighted by Gasteiger charge is 2.03. The molecule has 0 aliphatic carbocycles. The van der Waals surface area contributed by atoms with Crippen LogP contribution in [0.25, 0.3) is 6.08 Å². The summed E-state index contributed by atoms with van der Waals surface area (Å²) in [5.41, 5.74) is 4.58. The van der Waals surface area contributed by atoms with Crippen molar-refractivity contribution in [2.45, 2.75) is 6.92 Å². The normalized spacial score (nSPS) is 10.5. The summed E-state index contributed by atoms with van der Waals surface area (Å²) in [6.45, 7) is 2.52. The van der Waals surface area contributed by atoms with E-state index in [1.807, 2.05) is 61.5 Å². The zero-order chi connectivity index (χ0) is 15.8. The fraction of sp³-hybridized carbons (Fsp3) is 0.167. The highest BCUT2D eigenvalue weighted by molar-refractivity contribution is 5.93. The molecule has 4 nitrogen and oxygen atoms in total. The zero-order valence-electron chi connectivity index (χ0n) is 12.8. The van der Waals surface area contributed by atoms with Crippen LogP contribution >= 0.6 is 0 Å². The highest BCUT2D eigenvalue weighted by Crippen LogP contribution is 2.19. The van der Waals surface area contributed by atoms with E-state index in [0.29, 0.717) is 6.61 Å². The van der Waals surface area contributed by atoms with Crippen molar-refractivity contribution >= 4 is 17.7 Å². The van der Waals surface area contributed by atoms with Crippen LogP contribution in [0.3, 0.4) is 0 Å². The van der Waals surface area contributed by atoms with Crippen LogP contribution in [0.2, 0.25) is 0 Å². The van der Waals surface area contributed by atoms with Crippen molar-refractivity contribution in [3.05, 3.63) is 66.2 Å². The Hall–Kier alpha value is -2.75. The summed E-state index contributed by atoms with van der Waals surface area (Å²) in [6, 6.07) is 17.2. The Morgan fingerprint density at radius 2 is 1.82 bits per heavy atom. The standard InChI is InChI=1S/C18H20N2O2/c1-3-22-17-12-8-7-9-15(17)13-14-18(21)19-20(2)16-10-5-4-6-11-16/h4-14H,3H2,1-2H3,(H,19,21)/b14-13+. The number of nitrogens with zero attached hydrogens (tertiary/aromatic N) is 1. The van der Waals surface area contributed by atoms with Crippen molar-refractivity contribution in [2.75, 3.05) is 18.7 Å². The molecular formula is C18H20N2O2. The first-order valence-corrected chi connectivity index (χ1v) is 7.20. The Bertz CT molecular complexity index is 639. The minimum atomic E-state index is -0.197. The number of carbonyl (C=O) groups is 1. The number of benzene rings is 2. The number of carbonyl (C=O) groups excluding carboxylic acids is 1. The molecule has 0 aliphatic rings. The van der Waals surface area contributed by atoms with Gasteiger partial charge in [-0.1, -0.05) is 36.4 Å². The lowest BCUT2D eigenvalue weighted by molar-refractivity contribution is -0.116. The summed E-state index contributed by atoms with van der Waals surface area (Å²) in [5.74, 6) is 0.572. The van der Waals surface area contributed by atoms with Gasteiger partial charge in [0, 0.05) is 18.7 Å². The van der Waals surface area contributed by atoms with E-state index in [4.69, 9.17) is 4.74 Å². The Kier molecular flexibility index (Phi) is 5.60. The van der Waals surface area contributed by atoms with E-state index in [9.17, 15) is 4.79 Å². The number of anilines is 1. The van der Waals surface area contributed by atoms with E-state index in [1.54, 1.807) is 18.1 Å². The molecule has 2 aromatic rings. The third-order valence-electron chi connectivity index (χ3n) is 3.05. The lowest BCUT2D eigenvalue weighted by Gasteiger charge is -2.19. The quantitative estimate of drug-likeness (QED) is 0.657. The van der Waals surface area contributed by atoms with Gasteiger partial charge < -0.3 is 4.74 Å². The summed E-state index contributed by atoms with van der Waals surface area (Å²) in [4.78, 5) is 12.0. The summed E-state index contributed by atoms with van der Waals surface area (Å²) in [7, 11) is 1.80. The molecule has 22 heavy (non-hydrogen) atoms. The Labute approximate surface area is 131 Å². The predicted octanol–water partition coefficient (Wildman–Crippen LogP) is 3.27. The number of rotatable bonds is 6. The van der Waals surface area contributed by atoms with Gasteiger partial charge in [0.05, 0.1) is 12.3 Å². The number of hydrogen-bond acceptors (Lipinski definition) is 3. The number of amides is 1. The fourth-order valence-corrected chi connectivity index (χ4v) is 1.99. The molecule has 2 aromatic carbocycles. The smallest absolute Gasteiger partial charge is 0.262 e. The average molecular weight is 296 g/mol. The van der Waals surface area contributed by atoms with Crippen LogP contribution in [-0.2, 0) is 4.79 Å². The molecule has 114 valence electrons. The van der Waals surface area contributed by atoms with Gasteiger partial charge in [-0.15, -0.1) is 0 Å². The van der Waals surface area contributed by atoms with E-state index in [-0.39, 0.29) is 5.91 Å². The largest absolute Gasteiger partial charge is 0.493 e. The van der Waals surface area contributed by atoms with Gasteiger partial charge in [-0.25, -0.2) is 0 Å². The molecule has 0 heterocycles. The number of ether oxygens (including phenoxy) is 1. The van der Waals surface area contributed by atoms with Gasteiger partial charge in [0.2, 0.25) is 0 Å². The van der Waals surface area contributed by atoms with Crippen LogP contribution in [0, 0.1) is 0 Å². The van der Waals surface area contributed by atoms with Gasteiger partial charge in [-0.05, 0) is 31.2 Å². The second-order valence-electron chi connectivity index (χ2n) is 4.67. The number of hydrazine groups is 1. The zero-order valence-corrected chi connectivity index (χ0v) is 12.8. The molecule has 1 amide bonds. The van der Waals surface area contributed by atoms with Crippen molar-refractivity contribution < 1.29 is 9.53 Å². The minimum absolute atomic E-state index is 0.197. The van der Waals surface area contributed by atoms with E-state index in [1.165, 1.54) is 6.08 Å². The molecule has 0 aliphatic heterocycles. The molecule has 0 saturated carbocycles. The maximum absolute atomic E-state index is 12.0. The van der Waals surface area contributed by atoms with Crippen LogP contribution in [0.4, 0.5) is 5.69 Å². The first kappa shape index (κ1) is 15.6. The fourth-order valence-electron chi connectivity index (χ4n) is 1.99. The molecule has 0 saturated heterocycles.